The molecule has 1 atom stereocenters. The van der Waals surface area contributed by atoms with E-state index >= 15 is 0 Å². The predicted octanol–water partition coefficient (Wildman–Crippen LogP) is 6.99. The van der Waals surface area contributed by atoms with E-state index in [1.807, 2.05) is 43.3 Å². The predicted molar refractivity (Wildman–Crippen MR) is 155 cm³/mol. The van der Waals surface area contributed by atoms with Crippen LogP contribution < -0.4 is 9.47 Å². The van der Waals surface area contributed by atoms with E-state index in [0.29, 0.717) is 55.8 Å². The number of carbonyl (C=O) groups excluding carboxylic acids is 2. The zero-order valence-electron chi connectivity index (χ0n) is 23.7. The van der Waals surface area contributed by atoms with Crippen LogP contribution in [0, 0.1) is 5.92 Å². The molecule has 7 heteroatoms. The van der Waals surface area contributed by atoms with Crippen LogP contribution >= 0.6 is 0 Å². The largest absolute Gasteiger partial charge is 0.491 e. The zero-order valence-corrected chi connectivity index (χ0v) is 23.7. The zero-order chi connectivity index (χ0) is 28.6. The first-order valence-corrected chi connectivity index (χ1v) is 14.0. The number of esters is 2. The number of benzene rings is 3. The number of ether oxygens (including phenoxy) is 5. The van der Waals surface area contributed by atoms with Crippen LogP contribution in [0.4, 0.5) is 0 Å². The van der Waals surface area contributed by atoms with Crippen LogP contribution in [0.3, 0.4) is 0 Å². The van der Waals surface area contributed by atoms with E-state index in [0.717, 1.165) is 42.7 Å². The van der Waals surface area contributed by atoms with Crippen molar-refractivity contribution in [1.29, 1.82) is 0 Å². The second kappa shape index (κ2) is 17.1. The molecule has 3 rings (SSSR count). The molecular formula is C33H40O7. The lowest BCUT2D eigenvalue weighted by atomic mass is 10.0. The molecule has 3 aromatic rings. The Balaban J connectivity index is 1.42. The minimum Gasteiger partial charge on any atom is -0.491 e. The van der Waals surface area contributed by atoms with Crippen LogP contribution in [0.1, 0.15) is 60.7 Å². The number of unbranched alkanes of at least 4 members (excludes halogenated alkanes) is 1. The Morgan fingerprint density at radius 2 is 1.18 bits per heavy atom. The van der Waals surface area contributed by atoms with Gasteiger partial charge in [0, 0.05) is 6.61 Å². The molecule has 7 nitrogen and oxygen atoms in total. The minimum absolute atomic E-state index is 0.311. The molecule has 0 fully saturated rings. The van der Waals surface area contributed by atoms with Crippen LogP contribution in [0.25, 0.3) is 11.1 Å². The molecule has 0 aliphatic heterocycles. The molecule has 0 unspecified atom stereocenters. The third kappa shape index (κ3) is 10.5. The Morgan fingerprint density at radius 1 is 0.650 bits per heavy atom. The van der Waals surface area contributed by atoms with Gasteiger partial charge in [0.2, 0.25) is 0 Å². The third-order valence-corrected chi connectivity index (χ3v) is 6.32. The molecule has 0 aliphatic carbocycles. The highest BCUT2D eigenvalue weighted by molar-refractivity contribution is 5.92. The SMILES string of the molecule is CCCCOCCOCCOc1ccc(-c2ccc(C(=O)Oc3ccc(C(=O)OC[C@@H](C)CC)cc3)cc2)cc1. The Labute approximate surface area is 237 Å². The lowest BCUT2D eigenvalue weighted by Crippen LogP contribution is -2.12. The maximum atomic E-state index is 12.6. The quantitative estimate of drug-likeness (QED) is 0.102. The number of hydrogen-bond acceptors (Lipinski definition) is 7. The van der Waals surface area contributed by atoms with Crippen molar-refractivity contribution < 1.29 is 33.3 Å². The second-order valence-electron chi connectivity index (χ2n) is 9.55. The first kappa shape index (κ1) is 30.9. The van der Waals surface area contributed by atoms with Crippen molar-refractivity contribution in [3.8, 4) is 22.6 Å². The van der Waals surface area contributed by atoms with Gasteiger partial charge in [-0.15, -0.1) is 0 Å². The van der Waals surface area contributed by atoms with Crippen molar-refractivity contribution in [2.75, 3.05) is 39.6 Å². The molecular weight excluding hydrogens is 508 g/mol. The average molecular weight is 549 g/mol. The summed E-state index contributed by atoms with van der Waals surface area (Å²) < 4.78 is 27.5. The molecule has 0 bridgehead atoms. The maximum absolute atomic E-state index is 12.6. The van der Waals surface area contributed by atoms with Crippen molar-refractivity contribution in [2.24, 2.45) is 5.92 Å². The van der Waals surface area contributed by atoms with Gasteiger partial charge in [-0.05, 0) is 72.0 Å². The first-order chi connectivity index (χ1) is 19.5. The van der Waals surface area contributed by atoms with Crippen molar-refractivity contribution >= 4 is 11.9 Å². The third-order valence-electron chi connectivity index (χ3n) is 6.32. The molecule has 0 aliphatic rings. The molecule has 0 spiro atoms. The van der Waals surface area contributed by atoms with E-state index in [9.17, 15) is 9.59 Å². The molecule has 214 valence electrons. The summed E-state index contributed by atoms with van der Waals surface area (Å²) in [5.41, 5.74) is 2.82. The van der Waals surface area contributed by atoms with E-state index in [1.165, 1.54) is 0 Å². The standard InChI is InChI=1S/C33H40O7/c1-4-6-19-36-20-21-37-22-23-38-30-15-11-27(12-16-30)26-7-9-29(10-8-26)33(35)40-31-17-13-28(14-18-31)32(34)39-24-25(3)5-2/h7-18,25H,4-6,19-24H2,1-3H3/t25-/m0/s1. The topological polar surface area (TPSA) is 80.3 Å². The normalized spacial score (nSPS) is 11.6. The van der Waals surface area contributed by atoms with E-state index in [2.05, 4.69) is 13.8 Å². The van der Waals surface area contributed by atoms with Gasteiger partial charge in [0.25, 0.3) is 0 Å². The van der Waals surface area contributed by atoms with Crippen LogP contribution in [0.2, 0.25) is 0 Å². The fourth-order valence-corrected chi connectivity index (χ4v) is 3.57. The van der Waals surface area contributed by atoms with Crippen molar-refractivity contribution in [3.05, 3.63) is 83.9 Å². The van der Waals surface area contributed by atoms with Crippen LogP contribution in [0.15, 0.2) is 72.8 Å². The summed E-state index contributed by atoms with van der Waals surface area (Å²) in [6.07, 6.45) is 3.15. The summed E-state index contributed by atoms with van der Waals surface area (Å²) in [7, 11) is 0. The number of carbonyl (C=O) groups is 2. The number of rotatable bonds is 17. The van der Waals surface area contributed by atoms with Crippen molar-refractivity contribution in [1.82, 2.24) is 0 Å². The maximum Gasteiger partial charge on any atom is 0.343 e. The van der Waals surface area contributed by atoms with Gasteiger partial charge in [-0.25, -0.2) is 9.59 Å². The van der Waals surface area contributed by atoms with Crippen molar-refractivity contribution in [3.63, 3.8) is 0 Å². The van der Waals surface area contributed by atoms with Gasteiger partial charge in [-0.3, -0.25) is 0 Å². The molecule has 0 aromatic heterocycles. The van der Waals surface area contributed by atoms with Gasteiger partial charge in [-0.2, -0.15) is 0 Å². The summed E-state index contributed by atoms with van der Waals surface area (Å²) >= 11 is 0. The Bertz CT molecular complexity index is 1150. The summed E-state index contributed by atoms with van der Waals surface area (Å²) in [6.45, 7) is 9.52. The Hall–Kier alpha value is -3.68. The van der Waals surface area contributed by atoms with Gasteiger partial charge in [0.05, 0.1) is 37.6 Å². The monoisotopic (exact) mass is 548 g/mol. The molecule has 3 aromatic carbocycles. The minimum atomic E-state index is -0.475. The molecule has 0 saturated heterocycles. The van der Waals surface area contributed by atoms with Crippen LogP contribution in [0.5, 0.6) is 11.5 Å². The fraction of sp³-hybridized carbons (Fsp3) is 0.394. The van der Waals surface area contributed by atoms with Gasteiger partial charge in [-0.1, -0.05) is 57.9 Å². The van der Waals surface area contributed by atoms with Crippen LogP contribution in [-0.2, 0) is 14.2 Å². The molecule has 40 heavy (non-hydrogen) atoms. The van der Waals surface area contributed by atoms with Gasteiger partial charge < -0.3 is 23.7 Å². The smallest absolute Gasteiger partial charge is 0.343 e. The van der Waals surface area contributed by atoms with Crippen LogP contribution in [-0.4, -0.2) is 51.6 Å². The lowest BCUT2D eigenvalue weighted by molar-refractivity contribution is 0.0356. The summed E-state index contributed by atoms with van der Waals surface area (Å²) in [5, 5.41) is 0. The summed E-state index contributed by atoms with van der Waals surface area (Å²) in [4.78, 5) is 24.8. The fourth-order valence-electron chi connectivity index (χ4n) is 3.57. The average Bonchev–Trinajstić information content (AvgIpc) is 2.99. The highest BCUT2D eigenvalue weighted by atomic mass is 16.5. The van der Waals surface area contributed by atoms with E-state index < -0.39 is 5.97 Å². The van der Waals surface area contributed by atoms with E-state index in [4.69, 9.17) is 23.7 Å². The van der Waals surface area contributed by atoms with Gasteiger partial charge in [0.15, 0.2) is 0 Å². The van der Waals surface area contributed by atoms with E-state index in [1.54, 1.807) is 36.4 Å². The first-order valence-electron chi connectivity index (χ1n) is 14.0. The van der Waals surface area contributed by atoms with E-state index in [-0.39, 0.29) is 5.97 Å². The van der Waals surface area contributed by atoms with Gasteiger partial charge in [0.1, 0.15) is 18.1 Å². The second-order valence-corrected chi connectivity index (χ2v) is 9.55. The summed E-state index contributed by atoms with van der Waals surface area (Å²) in [5.74, 6) is 0.569. The highest BCUT2D eigenvalue weighted by Crippen LogP contribution is 2.23. The lowest BCUT2D eigenvalue weighted by Gasteiger charge is -2.10. The molecule has 0 amide bonds. The molecule has 0 radical (unpaired) electrons. The number of hydrogen-bond donors (Lipinski definition) is 0. The molecule has 0 N–H and O–H groups in total. The van der Waals surface area contributed by atoms with Gasteiger partial charge >= 0.3 is 11.9 Å². The summed E-state index contributed by atoms with van der Waals surface area (Å²) in [6, 6.07) is 21.3. The Kier molecular flexibility index (Phi) is 13.2. The highest BCUT2D eigenvalue weighted by Gasteiger charge is 2.12. The van der Waals surface area contributed by atoms with Crippen molar-refractivity contribution in [2.45, 2.75) is 40.0 Å². The molecule has 0 heterocycles. The molecule has 0 saturated carbocycles. The Morgan fingerprint density at radius 3 is 1.80 bits per heavy atom.